The summed E-state index contributed by atoms with van der Waals surface area (Å²) in [4.78, 5) is 0. The molecule has 2 aliphatic rings. The molecular weight excluding hydrogens is 196 g/mol. The van der Waals surface area contributed by atoms with Crippen LogP contribution >= 0.6 is 11.8 Å². The highest BCUT2D eigenvalue weighted by atomic mass is 32.2. The van der Waals surface area contributed by atoms with E-state index >= 15 is 0 Å². The fourth-order valence-corrected chi connectivity index (χ4v) is 3.04. The zero-order valence-electron chi connectivity index (χ0n) is 8.45. The Morgan fingerprint density at radius 2 is 2.29 bits per heavy atom. The Bertz CT molecular complexity index is 245. The maximum atomic E-state index is 9.23. The number of nitrogens with one attached hydrogen (secondary N) is 1. The van der Waals surface area contributed by atoms with Crippen molar-refractivity contribution >= 4 is 11.8 Å². The predicted octanol–water partition coefficient (Wildman–Crippen LogP) is 1.01. The molecule has 1 saturated carbocycles. The van der Waals surface area contributed by atoms with Gasteiger partial charge in [0, 0.05) is 5.75 Å². The van der Waals surface area contributed by atoms with Crippen LogP contribution in [0.2, 0.25) is 0 Å². The molecule has 1 N–H and O–H groups in total. The lowest BCUT2D eigenvalue weighted by Crippen LogP contribution is -2.47. The standard InChI is InChI=1S/C10H16N2OS/c1-12-10(6-11,8-2-3-8)7-14-9-4-13-5-9/h8-9,12H,2-5,7H2,1H3. The summed E-state index contributed by atoms with van der Waals surface area (Å²) in [6.07, 6.45) is 2.41. The smallest absolute Gasteiger partial charge is 0.118 e. The number of nitrogens with zero attached hydrogens (tertiary/aromatic N) is 1. The maximum absolute atomic E-state index is 9.23. The van der Waals surface area contributed by atoms with Crippen LogP contribution in [0.4, 0.5) is 0 Å². The van der Waals surface area contributed by atoms with Crippen LogP contribution < -0.4 is 5.32 Å². The summed E-state index contributed by atoms with van der Waals surface area (Å²) in [7, 11) is 1.90. The van der Waals surface area contributed by atoms with Gasteiger partial charge in [0.15, 0.2) is 0 Å². The maximum Gasteiger partial charge on any atom is 0.118 e. The molecule has 1 unspecified atom stereocenters. The van der Waals surface area contributed by atoms with Crippen molar-refractivity contribution in [2.45, 2.75) is 23.6 Å². The minimum atomic E-state index is -0.278. The van der Waals surface area contributed by atoms with Gasteiger partial charge in [0.05, 0.1) is 24.5 Å². The molecule has 0 bridgehead atoms. The molecule has 1 atom stereocenters. The van der Waals surface area contributed by atoms with Gasteiger partial charge in [0.1, 0.15) is 5.54 Å². The Morgan fingerprint density at radius 3 is 2.64 bits per heavy atom. The zero-order chi connectivity index (χ0) is 10.0. The van der Waals surface area contributed by atoms with Crippen LogP contribution in [0.1, 0.15) is 12.8 Å². The highest BCUT2D eigenvalue weighted by Crippen LogP contribution is 2.41. The number of ether oxygens (including phenoxy) is 1. The van der Waals surface area contributed by atoms with E-state index in [9.17, 15) is 5.26 Å². The third-order valence-electron chi connectivity index (χ3n) is 3.07. The first-order chi connectivity index (χ1) is 6.80. The monoisotopic (exact) mass is 212 g/mol. The third kappa shape index (κ3) is 1.90. The van der Waals surface area contributed by atoms with Gasteiger partial charge in [0.2, 0.25) is 0 Å². The number of thioether (sulfide) groups is 1. The molecule has 2 rings (SSSR count). The normalized spacial score (nSPS) is 26.3. The summed E-state index contributed by atoms with van der Waals surface area (Å²) in [5.41, 5.74) is -0.278. The number of rotatable bonds is 5. The van der Waals surface area contributed by atoms with Crippen LogP contribution in [-0.4, -0.2) is 36.8 Å². The average molecular weight is 212 g/mol. The van der Waals surface area contributed by atoms with Gasteiger partial charge in [-0.15, -0.1) is 0 Å². The molecule has 0 aromatic carbocycles. The van der Waals surface area contributed by atoms with Crippen LogP contribution in [0.5, 0.6) is 0 Å². The topological polar surface area (TPSA) is 45.0 Å². The molecule has 1 heterocycles. The lowest BCUT2D eigenvalue weighted by molar-refractivity contribution is 0.0454. The molecule has 0 aromatic heterocycles. The summed E-state index contributed by atoms with van der Waals surface area (Å²) in [6, 6.07) is 2.46. The first-order valence-corrected chi connectivity index (χ1v) is 6.15. The Morgan fingerprint density at radius 1 is 1.57 bits per heavy atom. The fraction of sp³-hybridized carbons (Fsp3) is 0.900. The van der Waals surface area contributed by atoms with Gasteiger partial charge in [-0.1, -0.05) is 0 Å². The number of hydrogen-bond donors (Lipinski definition) is 1. The van der Waals surface area contributed by atoms with E-state index in [1.165, 1.54) is 12.8 Å². The van der Waals surface area contributed by atoms with E-state index < -0.39 is 0 Å². The molecular formula is C10H16N2OS. The summed E-state index contributed by atoms with van der Waals surface area (Å²) in [5, 5.41) is 13.1. The van der Waals surface area contributed by atoms with Crippen molar-refractivity contribution in [2.75, 3.05) is 26.0 Å². The van der Waals surface area contributed by atoms with Crippen molar-refractivity contribution in [3.05, 3.63) is 0 Å². The van der Waals surface area contributed by atoms with E-state index in [2.05, 4.69) is 11.4 Å². The van der Waals surface area contributed by atoms with Gasteiger partial charge in [-0.3, -0.25) is 0 Å². The molecule has 4 heteroatoms. The van der Waals surface area contributed by atoms with Crippen LogP contribution in [0, 0.1) is 17.2 Å². The summed E-state index contributed by atoms with van der Waals surface area (Å²) < 4.78 is 5.12. The summed E-state index contributed by atoms with van der Waals surface area (Å²) >= 11 is 1.88. The molecule has 2 fully saturated rings. The lowest BCUT2D eigenvalue weighted by atomic mass is 9.98. The average Bonchev–Trinajstić information content (AvgIpc) is 2.94. The van der Waals surface area contributed by atoms with Crippen LogP contribution in [0.25, 0.3) is 0 Å². The second-order valence-electron chi connectivity index (χ2n) is 4.08. The minimum Gasteiger partial charge on any atom is -0.379 e. The Hall–Kier alpha value is -0.240. The van der Waals surface area contributed by atoms with Gasteiger partial charge < -0.3 is 10.1 Å². The molecule has 0 spiro atoms. The molecule has 0 radical (unpaired) electrons. The zero-order valence-corrected chi connectivity index (χ0v) is 9.27. The molecule has 0 amide bonds. The molecule has 14 heavy (non-hydrogen) atoms. The highest BCUT2D eigenvalue weighted by molar-refractivity contribution is 8.00. The largest absolute Gasteiger partial charge is 0.379 e. The van der Waals surface area contributed by atoms with E-state index in [4.69, 9.17) is 4.74 Å². The van der Waals surface area contributed by atoms with Gasteiger partial charge >= 0.3 is 0 Å². The van der Waals surface area contributed by atoms with E-state index in [1.54, 1.807) is 0 Å². The van der Waals surface area contributed by atoms with Crippen LogP contribution in [0.3, 0.4) is 0 Å². The van der Waals surface area contributed by atoms with E-state index in [1.807, 2.05) is 18.8 Å². The first kappa shape index (κ1) is 10.3. The molecule has 3 nitrogen and oxygen atoms in total. The Kier molecular flexibility index (Phi) is 3.01. The number of hydrogen-bond acceptors (Lipinski definition) is 4. The number of nitriles is 1. The van der Waals surface area contributed by atoms with Crippen molar-refractivity contribution < 1.29 is 4.74 Å². The van der Waals surface area contributed by atoms with Crippen molar-refractivity contribution in [2.24, 2.45) is 5.92 Å². The second-order valence-corrected chi connectivity index (χ2v) is 5.37. The molecule has 0 aromatic rings. The third-order valence-corrected chi connectivity index (χ3v) is 4.44. The summed E-state index contributed by atoms with van der Waals surface area (Å²) in [6.45, 7) is 1.72. The van der Waals surface area contributed by atoms with Gasteiger partial charge in [-0.25, -0.2) is 0 Å². The first-order valence-electron chi connectivity index (χ1n) is 5.10. The molecule has 78 valence electrons. The molecule has 1 saturated heterocycles. The SMILES string of the molecule is CNC(C#N)(CSC1COC1)C1CC1. The second kappa shape index (κ2) is 4.09. The molecule has 1 aliphatic carbocycles. The van der Waals surface area contributed by atoms with E-state index in [0.29, 0.717) is 11.2 Å². The Balaban J connectivity index is 1.86. The van der Waals surface area contributed by atoms with Crippen molar-refractivity contribution in [3.63, 3.8) is 0 Å². The van der Waals surface area contributed by atoms with Crippen LogP contribution in [-0.2, 0) is 4.74 Å². The predicted molar refractivity (Wildman–Crippen MR) is 57.2 cm³/mol. The van der Waals surface area contributed by atoms with Gasteiger partial charge in [-0.2, -0.15) is 17.0 Å². The van der Waals surface area contributed by atoms with Crippen molar-refractivity contribution in [3.8, 4) is 6.07 Å². The fourth-order valence-electron chi connectivity index (χ4n) is 1.71. The highest BCUT2D eigenvalue weighted by Gasteiger charge is 2.45. The van der Waals surface area contributed by atoms with Crippen molar-refractivity contribution in [1.29, 1.82) is 5.26 Å². The summed E-state index contributed by atoms with van der Waals surface area (Å²) in [5.74, 6) is 1.48. The van der Waals surface area contributed by atoms with Gasteiger partial charge in [0.25, 0.3) is 0 Å². The van der Waals surface area contributed by atoms with Gasteiger partial charge in [-0.05, 0) is 25.8 Å². The Labute approximate surface area is 89.2 Å². The lowest BCUT2D eigenvalue weighted by Gasteiger charge is -2.31. The van der Waals surface area contributed by atoms with Crippen LogP contribution in [0.15, 0.2) is 0 Å². The molecule has 1 aliphatic heterocycles. The van der Waals surface area contributed by atoms with E-state index in [-0.39, 0.29) is 5.54 Å². The van der Waals surface area contributed by atoms with E-state index in [0.717, 1.165) is 19.0 Å². The van der Waals surface area contributed by atoms with Crippen molar-refractivity contribution in [1.82, 2.24) is 5.32 Å². The minimum absolute atomic E-state index is 0.278. The quantitative estimate of drug-likeness (QED) is 0.739.